The first-order chi connectivity index (χ1) is 9.78. The van der Waals surface area contributed by atoms with Crippen LogP contribution in [0, 0.1) is 5.82 Å². The summed E-state index contributed by atoms with van der Waals surface area (Å²) >= 11 is 0. The van der Waals surface area contributed by atoms with Crippen LogP contribution in [0.2, 0.25) is 0 Å². The highest BCUT2D eigenvalue weighted by molar-refractivity contribution is 5.69. The van der Waals surface area contributed by atoms with Crippen LogP contribution in [0.1, 0.15) is 12.8 Å². The highest BCUT2D eigenvalue weighted by atomic mass is 19.1. The van der Waals surface area contributed by atoms with Gasteiger partial charge in [0.05, 0.1) is 7.11 Å². The second-order valence-corrected chi connectivity index (χ2v) is 5.09. The Balaban J connectivity index is 1.93. The average molecular weight is 271 g/mol. The molecule has 20 heavy (non-hydrogen) atoms. The summed E-state index contributed by atoms with van der Waals surface area (Å²) in [5.74, 6) is -0.0407. The minimum Gasteiger partial charge on any atom is -0.494 e. The number of benzene rings is 2. The van der Waals surface area contributed by atoms with Crippen molar-refractivity contribution in [3.63, 3.8) is 0 Å². The molecule has 0 bridgehead atoms. The summed E-state index contributed by atoms with van der Waals surface area (Å²) in [4.78, 5) is 2.38. The minimum atomic E-state index is -0.323. The van der Waals surface area contributed by atoms with Crippen molar-refractivity contribution in [1.29, 1.82) is 0 Å². The molecule has 3 heteroatoms. The number of nitrogens with zero attached hydrogens (tertiary/aromatic N) is 1. The number of hydrogen-bond acceptors (Lipinski definition) is 2. The molecule has 0 amide bonds. The first kappa shape index (κ1) is 13.0. The van der Waals surface area contributed by atoms with Crippen LogP contribution in [0.4, 0.5) is 10.1 Å². The van der Waals surface area contributed by atoms with Gasteiger partial charge >= 0.3 is 0 Å². The molecule has 1 heterocycles. The zero-order valence-electron chi connectivity index (χ0n) is 11.6. The summed E-state index contributed by atoms with van der Waals surface area (Å²) in [5.41, 5.74) is 3.14. The van der Waals surface area contributed by atoms with E-state index in [2.05, 4.69) is 17.0 Å². The zero-order valence-corrected chi connectivity index (χ0v) is 11.6. The number of hydrogen-bond donors (Lipinski definition) is 0. The first-order valence-electron chi connectivity index (χ1n) is 6.97. The van der Waals surface area contributed by atoms with E-state index >= 15 is 0 Å². The van der Waals surface area contributed by atoms with E-state index in [0.29, 0.717) is 0 Å². The van der Waals surface area contributed by atoms with E-state index in [9.17, 15) is 4.39 Å². The van der Waals surface area contributed by atoms with Gasteiger partial charge in [-0.15, -0.1) is 0 Å². The van der Waals surface area contributed by atoms with Gasteiger partial charge < -0.3 is 9.64 Å². The second kappa shape index (κ2) is 5.53. The molecule has 0 aliphatic carbocycles. The Morgan fingerprint density at radius 2 is 1.75 bits per heavy atom. The Hall–Kier alpha value is -2.03. The van der Waals surface area contributed by atoms with Gasteiger partial charge in [0.1, 0.15) is 0 Å². The molecular weight excluding hydrogens is 253 g/mol. The van der Waals surface area contributed by atoms with Gasteiger partial charge in [-0.3, -0.25) is 0 Å². The van der Waals surface area contributed by atoms with Crippen molar-refractivity contribution in [2.45, 2.75) is 12.8 Å². The lowest BCUT2D eigenvalue weighted by Gasteiger charge is -2.18. The van der Waals surface area contributed by atoms with Crippen LogP contribution in [0.3, 0.4) is 0 Å². The van der Waals surface area contributed by atoms with Crippen LogP contribution >= 0.6 is 0 Å². The number of rotatable bonds is 3. The van der Waals surface area contributed by atoms with Gasteiger partial charge in [0.2, 0.25) is 0 Å². The molecule has 104 valence electrons. The Bertz CT molecular complexity index is 606. The van der Waals surface area contributed by atoms with Gasteiger partial charge in [0, 0.05) is 18.8 Å². The van der Waals surface area contributed by atoms with Crippen LogP contribution in [-0.4, -0.2) is 20.2 Å². The third-order valence-corrected chi connectivity index (χ3v) is 3.80. The molecule has 2 aromatic carbocycles. The van der Waals surface area contributed by atoms with Crippen molar-refractivity contribution < 1.29 is 9.13 Å². The summed E-state index contributed by atoms with van der Waals surface area (Å²) in [5, 5.41) is 0. The smallest absolute Gasteiger partial charge is 0.165 e. The summed E-state index contributed by atoms with van der Waals surface area (Å²) < 4.78 is 18.8. The van der Waals surface area contributed by atoms with E-state index in [1.165, 1.54) is 31.7 Å². The van der Waals surface area contributed by atoms with E-state index in [4.69, 9.17) is 4.74 Å². The Kier molecular flexibility index (Phi) is 3.59. The molecule has 0 saturated carbocycles. The van der Waals surface area contributed by atoms with Gasteiger partial charge in [-0.25, -0.2) is 4.39 Å². The number of methoxy groups -OCH3 is 1. The van der Waals surface area contributed by atoms with Crippen LogP contribution in [0.25, 0.3) is 11.1 Å². The second-order valence-electron chi connectivity index (χ2n) is 5.09. The fourth-order valence-electron chi connectivity index (χ4n) is 2.70. The number of ether oxygens (including phenoxy) is 1. The molecule has 0 N–H and O–H groups in total. The van der Waals surface area contributed by atoms with E-state index in [1.54, 1.807) is 6.07 Å². The monoisotopic (exact) mass is 271 g/mol. The quantitative estimate of drug-likeness (QED) is 0.833. The van der Waals surface area contributed by atoms with Gasteiger partial charge in [0.15, 0.2) is 11.6 Å². The topological polar surface area (TPSA) is 12.5 Å². The molecule has 2 aromatic rings. The van der Waals surface area contributed by atoms with Gasteiger partial charge in [0.25, 0.3) is 0 Å². The highest BCUT2D eigenvalue weighted by Crippen LogP contribution is 2.29. The van der Waals surface area contributed by atoms with Gasteiger partial charge in [-0.1, -0.05) is 18.2 Å². The maximum Gasteiger partial charge on any atom is 0.165 e. The highest BCUT2D eigenvalue weighted by Gasteiger charge is 2.13. The summed E-state index contributed by atoms with van der Waals surface area (Å²) in [6, 6.07) is 13.4. The predicted molar refractivity (Wildman–Crippen MR) is 79.8 cm³/mol. The maximum atomic E-state index is 13.8. The average Bonchev–Trinajstić information content (AvgIpc) is 3.01. The molecule has 1 saturated heterocycles. The fourth-order valence-corrected chi connectivity index (χ4v) is 2.70. The Morgan fingerprint density at radius 1 is 1.00 bits per heavy atom. The van der Waals surface area contributed by atoms with Crippen molar-refractivity contribution in [3.05, 3.63) is 48.3 Å². The molecule has 0 spiro atoms. The third kappa shape index (κ3) is 2.48. The van der Waals surface area contributed by atoms with Crippen molar-refractivity contribution in [2.75, 3.05) is 25.1 Å². The Labute approximate surface area is 118 Å². The summed E-state index contributed by atoms with van der Waals surface area (Å²) in [6.07, 6.45) is 2.50. The molecule has 3 rings (SSSR count). The summed E-state index contributed by atoms with van der Waals surface area (Å²) in [6.45, 7) is 2.22. The molecule has 1 fully saturated rings. The maximum absolute atomic E-state index is 13.8. The minimum absolute atomic E-state index is 0.282. The van der Waals surface area contributed by atoms with Crippen molar-refractivity contribution in [1.82, 2.24) is 0 Å². The first-order valence-corrected chi connectivity index (χ1v) is 6.97. The standard InChI is InChI=1S/C17H18FNO/c1-20-17-8-7-14(12-16(17)18)13-5-4-6-15(11-13)19-9-2-3-10-19/h4-8,11-12H,2-3,9-10H2,1H3. The van der Waals surface area contributed by atoms with E-state index in [-0.39, 0.29) is 11.6 Å². The van der Waals surface area contributed by atoms with Crippen LogP contribution in [0.15, 0.2) is 42.5 Å². The normalized spacial score (nSPS) is 14.6. The fraction of sp³-hybridized carbons (Fsp3) is 0.294. The molecule has 0 unspecified atom stereocenters. The number of halogens is 1. The van der Waals surface area contributed by atoms with E-state index < -0.39 is 0 Å². The molecule has 0 aromatic heterocycles. The molecule has 2 nitrogen and oxygen atoms in total. The number of anilines is 1. The predicted octanol–water partition coefficient (Wildman–Crippen LogP) is 4.10. The van der Waals surface area contributed by atoms with Gasteiger partial charge in [-0.2, -0.15) is 0 Å². The third-order valence-electron chi connectivity index (χ3n) is 3.80. The molecule has 1 aliphatic rings. The molecule has 0 radical (unpaired) electrons. The summed E-state index contributed by atoms with van der Waals surface area (Å²) in [7, 11) is 1.48. The van der Waals surface area contributed by atoms with Crippen LogP contribution in [0.5, 0.6) is 5.75 Å². The van der Waals surface area contributed by atoms with Crippen LogP contribution < -0.4 is 9.64 Å². The SMILES string of the molecule is COc1ccc(-c2cccc(N3CCCC3)c2)cc1F. The molecule has 0 atom stereocenters. The Morgan fingerprint density at radius 3 is 2.45 bits per heavy atom. The largest absolute Gasteiger partial charge is 0.494 e. The van der Waals surface area contributed by atoms with Crippen molar-refractivity contribution in [2.24, 2.45) is 0 Å². The lowest BCUT2D eigenvalue weighted by atomic mass is 10.0. The molecule has 1 aliphatic heterocycles. The van der Waals surface area contributed by atoms with Crippen molar-refractivity contribution >= 4 is 5.69 Å². The zero-order chi connectivity index (χ0) is 13.9. The lowest BCUT2D eigenvalue weighted by Crippen LogP contribution is -2.17. The van der Waals surface area contributed by atoms with E-state index in [0.717, 1.165) is 24.2 Å². The molecular formula is C17H18FNO. The van der Waals surface area contributed by atoms with E-state index in [1.807, 2.05) is 18.2 Å². The van der Waals surface area contributed by atoms with Gasteiger partial charge in [-0.05, 0) is 48.2 Å². The van der Waals surface area contributed by atoms with Crippen molar-refractivity contribution in [3.8, 4) is 16.9 Å². The van der Waals surface area contributed by atoms with Crippen LogP contribution in [-0.2, 0) is 0 Å². The lowest BCUT2D eigenvalue weighted by molar-refractivity contribution is 0.386.